The lowest BCUT2D eigenvalue weighted by Gasteiger charge is -2.39. The molecular formula is C16H28O2. The summed E-state index contributed by atoms with van der Waals surface area (Å²) in [5.41, 5.74) is 1.54. The van der Waals surface area contributed by atoms with Crippen molar-refractivity contribution in [2.75, 3.05) is 6.61 Å². The second-order valence-corrected chi connectivity index (χ2v) is 7.87. The van der Waals surface area contributed by atoms with Crippen molar-refractivity contribution in [3.8, 4) is 0 Å². The molecule has 0 saturated heterocycles. The number of allylic oxidation sites excluding steroid dienone is 2. The monoisotopic (exact) mass is 252 g/mol. The molecule has 1 atom stereocenters. The third-order valence-electron chi connectivity index (χ3n) is 3.69. The zero-order chi connectivity index (χ0) is 14.4. The standard InChI is InChI=1S/C16H28O2/c1-14(2,3)11-8-16(7,10-17)9-12(13(11)18)15(4,5)6/h8,17-18H,9-10H2,1-7H3. The van der Waals surface area contributed by atoms with Crippen LogP contribution in [-0.4, -0.2) is 16.8 Å². The molecule has 0 aromatic carbocycles. The van der Waals surface area contributed by atoms with E-state index in [-0.39, 0.29) is 22.9 Å². The van der Waals surface area contributed by atoms with E-state index in [9.17, 15) is 10.2 Å². The van der Waals surface area contributed by atoms with Crippen LogP contribution in [0.15, 0.2) is 23.0 Å². The number of hydrogen-bond acceptors (Lipinski definition) is 2. The second-order valence-electron chi connectivity index (χ2n) is 7.87. The van der Waals surface area contributed by atoms with Gasteiger partial charge in [0.2, 0.25) is 0 Å². The topological polar surface area (TPSA) is 40.5 Å². The van der Waals surface area contributed by atoms with Crippen molar-refractivity contribution in [1.82, 2.24) is 0 Å². The van der Waals surface area contributed by atoms with Crippen molar-refractivity contribution in [2.24, 2.45) is 16.2 Å². The molecule has 0 amide bonds. The highest BCUT2D eigenvalue weighted by atomic mass is 16.3. The summed E-state index contributed by atoms with van der Waals surface area (Å²) in [4.78, 5) is 0. The highest BCUT2D eigenvalue weighted by Gasteiger charge is 2.38. The van der Waals surface area contributed by atoms with Gasteiger partial charge in [-0.15, -0.1) is 0 Å². The van der Waals surface area contributed by atoms with Crippen LogP contribution in [0.4, 0.5) is 0 Å². The van der Waals surface area contributed by atoms with Gasteiger partial charge >= 0.3 is 0 Å². The Bertz CT molecular complexity index is 388. The zero-order valence-corrected chi connectivity index (χ0v) is 12.9. The predicted octanol–water partition coefficient (Wildman–Crippen LogP) is 4.22. The summed E-state index contributed by atoms with van der Waals surface area (Å²) in [6, 6.07) is 0. The average molecular weight is 252 g/mol. The number of aliphatic hydroxyl groups excluding tert-OH is 2. The van der Waals surface area contributed by atoms with E-state index in [0.717, 1.165) is 17.6 Å². The Balaban J connectivity index is 3.41. The van der Waals surface area contributed by atoms with Crippen LogP contribution in [0.3, 0.4) is 0 Å². The quantitative estimate of drug-likeness (QED) is 0.733. The maximum absolute atomic E-state index is 10.6. The summed E-state index contributed by atoms with van der Waals surface area (Å²) in [6.45, 7) is 14.8. The minimum Gasteiger partial charge on any atom is -0.508 e. The second kappa shape index (κ2) is 4.41. The van der Waals surface area contributed by atoms with E-state index in [1.54, 1.807) is 0 Å². The Morgan fingerprint density at radius 2 is 1.61 bits per heavy atom. The third kappa shape index (κ3) is 2.97. The van der Waals surface area contributed by atoms with Gasteiger partial charge in [0.1, 0.15) is 5.76 Å². The summed E-state index contributed by atoms with van der Waals surface area (Å²) >= 11 is 0. The first-order chi connectivity index (χ1) is 7.91. The maximum Gasteiger partial charge on any atom is 0.118 e. The highest BCUT2D eigenvalue weighted by molar-refractivity contribution is 5.41. The normalized spacial score (nSPS) is 26.3. The van der Waals surface area contributed by atoms with Gasteiger partial charge in [-0.2, -0.15) is 0 Å². The van der Waals surface area contributed by atoms with Gasteiger partial charge in [0.15, 0.2) is 0 Å². The molecule has 2 heteroatoms. The molecule has 0 bridgehead atoms. The maximum atomic E-state index is 10.6. The first-order valence-corrected chi connectivity index (χ1v) is 6.68. The molecule has 104 valence electrons. The van der Waals surface area contributed by atoms with Gasteiger partial charge in [0.25, 0.3) is 0 Å². The van der Waals surface area contributed by atoms with Gasteiger partial charge in [-0.1, -0.05) is 54.5 Å². The third-order valence-corrected chi connectivity index (χ3v) is 3.69. The van der Waals surface area contributed by atoms with Gasteiger partial charge in [0.05, 0.1) is 6.61 Å². The van der Waals surface area contributed by atoms with E-state index in [0.29, 0.717) is 5.76 Å². The highest BCUT2D eigenvalue weighted by Crippen LogP contribution is 2.47. The van der Waals surface area contributed by atoms with Crippen molar-refractivity contribution < 1.29 is 10.2 Å². The average Bonchev–Trinajstić information content (AvgIpc) is 2.18. The molecule has 0 spiro atoms. The summed E-state index contributed by atoms with van der Waals surface area (Å²) in [5.74, 6) is 0.431. The lowest BCUT2D eigenvalue weighted by molar-refractivity contribution is 0.167. The summed E-state index contributed by atoms with van der Waals surface area (Å²) in [6.07, 6.45) is 2.77. The number of rotatable bonds is 1. The summed E-state index contributed by atoms with van der Waals surface area (Å²) in [5, 5.41) is 20.2. The van der Waals surface area contributed by atoms with E-state index in [2.05, 4.69) is 54.5 Å². The minimum atomic E-state index is -0.266. The van der Waals surface area contributed by atoms with Crippen molar-refractivity contribution in [1.29, 1.82) is 0 Å². The molecule has 0 saturated carbocycles. The number of aliphatic hydroxyl groups is 2. The molecule has 2 N–H and O–H groups in total. The molecule has 0 aliphatic heterocycles. The molecule has 0 radical (unpaired) electrons. The lowest BCUT2D eigenvalue weighted by atomic mass is 9.66. The van der Waals surface area contributed by atoms with Gasteiger partial charge in [0, 0.05) is 5.41 Å². The predicted molar refractivity (Wildman–Crippen MR) is 76.5 cm³/mol. The molecule has 1 aliphatic carbocycles. The SMILES string of the molecule is CC1(CO)C=C(C(C)(C)C)C(O)=C(C(C)(C)C)C1. The van der Waals surface area contributed by atoms with Crippen LogP contribution in [0, 0.1) is 16.2 Å². The van der Waals surface area contributed by atoms with E-state index in [1.165, 1.54) is 0 Å². The van der Waals surface area contributed by atoms with Crippen molar-refractivity contribution in [3.05, 3.63) is 23.0 Å². The van der Waals surface area contributed by atoms with Crippen LogP contribution < -0.4 is 0 Å². The van der Waals surface area contributed by atoms with Crippen LogP contribution in [0.25, 0.3) is 0 Å². The van der Waals surface area contributed by atoms with E-state index < -0.39 is 0 Å². The van der Waals surface area contributed by atoms with Crippen molar-refractivity contribution in [2.45, 2.75) is 54.9 Å². The molecule has 0 aromatic rings. The van der Waals surface area contributed by atoms with Crippen LogP contribution in [0.2, 0.25) is 0 Å². The molecule has 0 aromatic heterocycles. The van der Waals surface area contributed by atoms with Gasteiger partial charge in [-0.05, 0) is 28.4 Å². The van der Waals surface area contributed by atoms with Crippen molar-refractivity contribution in [3.63, 3.8) is 0 Å². The lowest BCUT2D eigenvalue weighted by Crippen LogP contribution is -2.31. The fourth-order valence-corrected chi connectivity index (χ4v) is 2.41. The van der Waals surface area contributed by atoms with Crippen LogP contribution in [0.5, 0.6) is 0 Å². The van der Waals surface area contributed by atoms with Crippen LogP contribution in [-0.2, 0) is 0 Å². The Kier molecular flexibility index (Phi) is 3.75. The van der Waals surface area contributed by atoms with Gasteiger partial charge < -0.3 is 10.2 Å². The van der Waals surface area contributed by atoms with E-state index in [1.807, 2.05) is 0 Å². The first-order valence-electron chi connectivity index (χ1n) is 6.68. The van der Waals surface area contributed by atoms with Gasteiger partial charge in [-0.3, -0.25) is 0 Å². The molecule has 0 fully saturated rings. The minimum absolute atomic E-state index is 0.0781. The van der Waals surface area contributed by atoms with E-state index in [4.69, 9.17) is 0 Å². The number of hydrogen-bond donors (Lipinski definition) is 2. The first kappa shape index (κ1) is 15.3. The summed E-state index contributed by atoms with van der Waals surface area (Å²) in [7, 11) is 0. The van der Waals surface area contributed by atoms with Gasteiger partial charge in [-0.25, -0.2) is 0 Å². The van der Waals surface area contributed by atoms with Crippen LogP contribution in [0.1, 0.15) is 54.9 Å². The van der Waals surface area contributed by atoms with E-state index >= 15 is 0 Å². The molecule has 1 rings (SSSR count). The smallest absolute Gasteiger partial charge is 0.118 e. The molecule has 18 heavy (non-hydrogen) atoms. The Hall–Kier alpha value is -0.760. The molecule has 2 nitrogen and oxygen atoms in total. The van der Waals surface area contributed by atoms with Crippen molar-refractivity contribution >= 4 is 0 Å². The molecule has 1 unspecified atom stereocenters. The molecular weight excluding hydrogens is 224 g/mol. The molecule has 1 aliphatic rings. The Morgan fingerprint density at radius 1 is 1.11 bits per heavy atom. The molecule has 0 heterocycles. The van der Waals surface area contributed by atoms with Crippen LogP contribution >= 0.6 is 0 Å². The zero-order valence-electron chi connectivity index (χ0n) is 12.9. The Labute approximate surface area is 111 Å². The fourth-order valence-electron chi connectivity index (χ4n) is 2.41. The largest absolute Gasteiger partial charge is 0.508 e. The fraction of sp³-hybridized carbons (Fsp3) is 0.750. The Morgan fingerprint density at radius 3 is 1.94 bits per heavy atom. The summed E-state index contributed by atoms with van der Waals surface area (Å²) < 4.78 is 0.